The van der Waals surface area contributed by atoms with Crippen LogP contribution in [-0.2, 0) is 6.42 Å². The molecule has 1 aromatic rings. The van der Waals surface area contributed by atoms with Gasteiger partial charge in [-0.3, -0.25) is 0 Å². The molecule has 0 spiro atoms. The van der Waals surface area contributed by atoms with Crippen LogP contribution in [0.4, 0.5) is 0 Å². The second-order valence-electron chi connectivity index (χ2n) is 9.37. The first kappa shape index (κ1) is 17.9. The van der Waals surface area contributed by atoms with Gasteiger partial charge in [0.2, 0.25) is 0 Å². The van der Waals surface area contributed by atoms with Crippen LogP contribution in [0.2, 0.25) is 0 Å². The summed E-state index contributed by atoms with van der Waals surface area (Å²) in [4.78, 5) is 0. The Labute approximate surface area is 160 Å². The van der Waals surface area contributed by atoms with Gasteiger partial charge >= 0.3 is 0 Å². The molecule has 0 N–H and O–H groups in total. The minimum Gasteiger partial charge on any atom is -0.115 e. The maximum absolute atomic E-state index is 5.83. The number of fused-ring (bicyclic) bond motifs is 5. The number of rotatable bonds is 4. The van der Waals surface area contributed by atoms with Crippen LogP contribution < -0.4 is 0 Å². The molecule has 3 aliphatic rings. The van der Waals surface area contributed by atoms with E-state index < -0.39 is 0 Å². The topological polar surface area (TPSA) is 0 Å². The summed E-state index contributed by atoms with van der Waals surface area (Å²) in [6, 6.07) is 7.49. The van der Waals surface area contributed by atoms with Crippen molar-refractivity contribution in [3.05, 3.63) is 46.5 Å². The lowest BCUT2D eigenvalue weighted by atomic mass is 9.54. The first-order chi connectivity index (χ1) is 12.6. The van der Waals surface area contributed by atoms with E-state index in [2.05, 4.69) is 51.0 Å². The van der Waals surface area contributed by atoms with E-state index in [0.29, 0.717) is 5.92 Å². The van der Waals surface area contributed by atoms with Crippen LogP contribution in [0.15, 0.2) is 29.8 Å². The smallest absolute Gasteiger partial charge is 0.00400 e. The van der Waals surface area contributed by atoms with Crippen LogP contribution >= 0.6 is 0 Å². The highest BCUT2D eigenvalue weighted by molar-refractivity contribution is 5.43. The molecular formula is C26H34. The van der Waals surface area contributed by atoms with Gasteiger partial charge in [-0.05, 0) is 78.9 Å². The van der Waals surface area contributed by atoms with E-state index in [9.17, 15) is 0 Å². The highest BCUT2D eigenvalue weighted by atomic mass is 14.5. The molecule has 1 saturated carbocycles. The van der Waals surface area contributed by atoms with Crippen LogP contribution in [0.1, 0.15) is 94.2 Å². The minimum atomic E-state index is 0.280. The molecule has 0 bridgehead atoms. The Bertz CT molecular complexity index is 746. The van der Waals surface area contributed by atoms with E-state index in [0.717, 1.165) is 17.8 Å². The Morgan fingerprint density at radius 1 is 1.31 bits per heavy atom. The van der Waals surface area contributed by atoms with Gasteiger partial charge in [0.1, 0.15) is 0 Å². The highest BCUT2D eigenvalue weighted by Gasteiger charge is 2.51. The summed E-state index contributed by atoms with van der Waals surface area (Å²) in [6.45, 7) is 7.14. The molecule has 0 heterocycles. The van der Waals surface area contributed by atoms with Crippen LogP contribution in [0, 0.1) is 29.6 Å². The highest BCUT2D eigenvalue weighted by Crippen LogP contribution is 2.60. The Morgan fingerprint density at radius 2 is 2.15 bits per heavy atom. The van der Waals surface area contributed by atoms with Crippen molar-refractivity contribution in [3.63, 3.8) is 0 Å². The summed E-state index contributed by atoms with van der Waals surface area (Å²) in [7, 11) is 0. The fourth-order valence-electron chi connectivity index (χ4n) is 6.38. The molecule has 3 aliphatic carbocycles. The fourth-order valence-corrected chi connectivity index (χ4v) is 6.38. The quantitative estimate of drug-likeness (QED) is 0.515. The largest absolute Gasteiger partial charge is 0.115 e. The lowest BCUT2D eigenvalue weighted by Gasteiger charge is -2.49. The third kappa shape index (κ3) is 2.76. The summed E-state index contributed by atoms with van der Waals surface area (Å²) in [5.74, 6) is 6.07. The van der Waals surface area contributed by atoms with Crippen LogP contribution in [0.5, 0.6) is 0 Å². The predicted octanol–water partition coefficient (Wildman–Crippen LogP) is 7.01. The number of terminal acetylenes is 1. The Kier molecular flexibility index (Phi) is 4.77. The van der Waals surface area contributed by atoms with Crippen LogP contribution in [0.25, 0.3) is 0 Å². The summed E-state index contributed by atoms with van der Waals surface area (Å²) < 4.78 is 0. The van der Waals surface area contributed by atoms with Crippen molar-refractivity contribution in [1.82, 2.24) is 0 Å². The first-order valence-electron chi connectivity index (χ1n) is 10.9. The molecule has 0 nitrogen and oxygen atoms in total. The lowest BCUT2D eigenvalue weighted by Crippen LogP contribution is -2.41. The van der Waals surface area contributed by atoms with Crippen LogP contribution in [-0.4, -0.2) is 0 Å². The average Bonchev–Trinajstić information content (AvgIpc) is 3.01. The molecule has 0 radical (unpaired) electrons. The number of aryl methyl sites for hydroxylation is 1. The number of hydrogen-bond acceptors (Lipinski definition) is 0. The Balaban J connectivity index is 1.57. The zero-order chi connectivity index (χ0) is 18.3. The molecule has 0 aromatic heterocycles. The monoisotopic (exact) mass is 346 g/mol. The molecule has 26 heavy (non-hydrogen) atoms. The van der Waals surface area contributed by atoms with Crippen molar-refractivity contribution in [2.75, 3.05) is 0 Å². The second kappa shape index (κ2) is 6.92. The van der Waals surface area contributed by atoms with Gasteiger partial charge in [-0.2, -0.15) is 0 Å². The molecule has 4 unspecified atom stereocenters. The van der Waals surface area contributed by atoms with Crippen molar-refractivity contribution in [2.45, 2.75) is 84.0 Å². The third-order valence-electron chi connectivity index (χ3n) is 8.05. The van der Waals surface area contributed by atoms with Gasteiger partial charge in [-0.1, -0.05) is 63.8 Å². The van der Waals surface area contributed by atoms with Gasteiger partial charge in [-0.15, -0.1) is 6.42 Å². The standard InChI is InChI=1S/C26H34/c1-5-7-8-18(3)19-9-12-22-20(17-19)10-13-24-23(22)15-16-26(4)21(6-2)11-14-25(24)26/h2,9,11-12,17-18,23-25H,5,7-8,10,13-16H2,1,3-4H3/t18-,23?,24?,25?,26?/m1/s1. The molecule has 5 atom stereocenters. The number of benzene rings is 1. The van der Waals surface area contributed by atoms with Gasteiger partial charge in [0.15, 0.2) is 0 Å². The van der Waals surface area contributed by atoms with E-state index in [4.69, 9.17) is 6.42 Å². The molecule has 1 fully saturated rings. The van der Waals surface area contributed by atoms with E-state index in [-0.39, 0.29) is 5.41 Å². The maximum atomic E-state index is 5.83. The van der Waals surface area contributed by atoms with Gasteiger partial charge < -0.3 is 0 Å². The van der Waals surface area contributed by atoms with Crippen molar-refractivity contribution in [1.29, 1.82) is 0 Å². The third-order valence-corrected chi connectivity index (χ3v) is 8.05. The van der Waals surface area contributed by atoms with E-state index in [1.165, 1.54) is 56.9 Å². The number of hydrogen-bond donors (Lipinski definition) is 0. The van der Waals surface area contributed by atoms with Crippen molar-refractivity contribution in [2.24, 2.45) is 17.3 Å². The molecule has 0 aliphatic heterocycles. The Morgan fingerprint density at radius 3 is 2.92 bits per heavy atom. The van der Waals surface area contributed by atoms with E-state index >= 15 is 0 Å². The molecule has 0 amide bonds. The van der Waals surface area contributed by atoms with Crippen molar-refractivity contribution in [3.8, 4) is 12.3 Å². The van der Waals surface area contributed by atoms with Gasteiger partial charge in [0.25, 0.3) is 0 Å². The summed E-state index contributed by atoms with van der Waals surface area (Å²) in [5.41, 5.74) is 6.46. The van der Waals surface area contributed by atoms with Gasteiger partial charge in [0, 0.05) is 11.0 Å². The van der Waals surface area contributed by atoms with E-state index in [1.54, 1.807) is 16.7 Å². The summed E-state index contributed by atoms with van der Waals surface area (Å²) in [6.07, 6.45) is 18.6. The molecule has 0 saturated heterocycles. The van der Waals surface area contributed by atoms with Crippen molar-refractivity contribution < 1.29 is 0 Å². The molecule has 1 aromatic carbocycles. The summed E-state index contributed by atoms with van der Waals surface area (Å²) >= 11 is 0. The number of allylic oxidation sites excluding steroid dienone is 2. The number of unbranched alkanes of at least 4 members (excludes halogenated alkanes) is 1. The summed E-state index contributed by atoms with van der Waals surface area (Å²) in [5, 5.41) is 0. The molecular weight excluding hydrogens is 312 g/mol. The first-order valence-corrected chi connectivity index (χ1v) is 10.9. The Hall–Kier alpha value is -1.48. The zero-order valence-electron chi connectivity index (χ0n) is 16.9. The molecule has 4 rings (SSSR count). The van der Waals surface area contributed by atoms with Gasteiger partial charge in [0.05, 0.1) is 0 Å². The average molecular weight is 347 g/mol. The molecule has 138 valence electrons. The SMILES string of the molecule is C#CC1=CCC2C3CCc4cc([C@H](C)CCCC)ccc4C3CCC12C. The van der Waals surface area contributed by atoms with E-state index in [1.807, 2.05) is 0 Å². The zero-order valence-corrected chi connectivity index (χ0v) is 16.9. The maximum Gasteiger partial charge on any atom is 0.00400 e. The molecule has 0 heteroatoms. The predicted molar refractivity (Wildman–Crippen MR) is 111 cm³/mol. The second-order valence-corrected chi connectivity index (χ2v) is 9.37. The lowest BCUT2D eigenvalue weighted by molar-refractivity contribution is 0.0781. The normalized spacial score (nSPS) is 33.5. The van der Waals surface area contributed by atoms with Crippen molar-refractivity contribution >= 4 is 0 Å². The minimum absolute atomic E-state index is 0.280. The fraction of sp³-hybridized carbons (Fsp3) is 0.615. The van der Waals surface area contributed by atoms with Gasteiger partial charge in [-0.25, -0.2) is 0 Å². The van der Waals surface area contributed by atoms with Crippen LogP contribution in [0.3, 0.4) is 0 Å².